The van der Waals surface area contributed by atoms with E-state index in [4.69, 9.17) is 4.74 Å². The summed E-state index contributed by atoms with van der Waals surface area (Å²) < 4.78 is 22.5. The van der Waals surface area contributed by atoms with Gasteiger partial charge in [0.1, 0.15) is 11.6 Å². The third-order valence-corrected chi connectivity index (χ3v) is 9.19. The molecule has 228 valence electrons. The van der Waals surface area contributed by atoms with E-state index >= 15 is 0 Å². The molecule has 3 fully saturated rings. The minimum atomic E-state index is -0.503. The molecule has 2 aromatic carbocycles. The van der Waals surface area contributed by atoms with E-state index in [0.29, 0.717) is 43.3 Å². The minimum Gasteiger partial charge on any atom is -0.490 e. The molecule has 0 N–H and O–H groups in total. The second kappa shape index (κ2) is 13.3. The quantitative estimate of drug-likeness (QED) is 0.308. The lowest BCUT2D eigenvalue weighted by Gasteiger charge is -2.35. The highest BCUT2D eigenvalue weighted by Gasteiger charge is 2.28. The number of aryl methyl sites for hydroxylation is 1. The molecule has 1 aromatic heterocycles. The lowest BCUT2D eigenvalue weighted by Crippen LogP contribution is -2.50. The van der Waals surface area contributed by atoms with Gasteiger partial charge in [-0.25, -0.2) is 9.07 Å². The Morgan fingerprint density at radius 3 is 2.23 bits per heavy atom. The van der Waals surface area contributed by atoms with Gasteiger partial charge in [0.05, 0.1) is 23.7 Å². The fraction of sp³-hybridized carbons (Fsp3) is 0.529. The molecule has 2 aliphatic carbocycles. The third kappa shape index (κ3) is 6.76. The maximum absolute atomic E-state index is 14.6. The second-order valence-electron chi connectivity index (χ2n) is 12.3. The SMILES string of the molecule is CCCc1cn(-c2cc(F)cc(C(=O)N3CCN(C(=O)c4ccc(OC5CCCC5)c(C5CCCCC5)c4)CC3)c2)nn1. The van der Waals surface area contributed by atoms with Crippen LogP contribution in [0.5, 0.6) is 5.75 Å². The third-order valence-electron chi connectivity index (χ3n) is 9.19. The van der Waals surface area contributed by atoms with E-state index in [9.17, 15) is 14.0 Å². The fourth-order valence-electron chi connectivity index (χ4n) is 6.81. The van der Waals surface area contributed by atoms with Gasteiger partial charge in [-0.1, -0.05) is 37.8 Å². The van der Waals surface area contributed by atoms with E-state index in [-0.39, 0.29) is 23.5 Å². The molecule has 1 aliphatic heterocycles. The Morgan fingerprint density at radius 2 is 1.53 bits per heavy atom. The first-order valence-corrected chi connectivity index (χ1v) is 16.1. The van der Waals surface area contributed by atoms with E-state index in [1.165, 1.54) is 54.5 Å². The molecule has 2 amide bonds. The predicted octanol–water partition coefficient (Wildman–Crippen LogP) is 6.33. The van der Waals surface area contributed by atoms with Crippen molar-refractivity contribution >= 4 is 11.8 Å². The highest BCUT2D eigenvalue weighted by atomic mass is 19.1. The molecule has 0 atom stereocenters. The van der Waals surface area contributed by atoms with Gasteiger partial charge in [-0.2, -0.15) is 0 Å². The molecule has 2 saturated carbocycles. The highest BCUT2D eigenvalue weighted by Crippen LogP contribution is 2.39. The van der Waals surface area contributed by atoms with Crippen LogP contribution in [0.3, 0.4) is 0 Å². The second-order valence-corrected chi connectivity index (χ2v) is 12.3. The van der Waals surface area contributed by atoms with Crippen molar-refractivity contribution in [1.29, 1.82) is 0 Å². The lowest BCUT2D eigenvalue weighted by molar-refractivity contribution is 0.0535. The number of hydrogen-bond donors (Lipinski definition) is 0. The van der Waals surface area contributed by atoms with Crippen LogP contribution in [-0.2, 0) is 6.42 Å². The number of hydrogen-bond acceptors (Lipinski definition) is 5. The maximum Gasteiger partial charge on any atom is 0.254 e. The summed E-state index contributed by atoms with van der Waals surface area (Å²) in [5.74, 6) is 0.608. The van der Waals surface area contributed by atoms with Gasteiger partial charge in [0.15, 0.2) is 0 Å². The van der Waals surface area contributed by atoms with Crippen LogP contribution in [0.1, 0.15) is 109 Å². The topological polar surface area (TPSA) is 80.6 Å². The number of carbonyl (C=O) groups is 2. The Kier molecular flexibility index (Phi) is 9.05. The van der Waals surface area contributed by atoms with Crippen LogP contribution in [0.2, 0.25) is 0 Å². The van der Waals surface area contributed by atoms with E-state index in [1.807, 2.05) is 17.0 Å². The van der Waals surface area contributed by atoms with Crippen molar-refractivity contribution in [2.75, 3.05) is 26.2 Å². The summed E-state index contributed by atoms with van der Waals surface area (Å²) in [6.45, 7) is 3.69. The van der Waals surface area contributed by atoms with Crippen LogP contribution >= 0.6 is 0 Å². The van der Waals surface area contributed by atoms with Gasteiger partial charge in [-0.3, -0.25) is 9.59 Å². The van der Waals surface area contributed by atoms with Crippen molar-refractivity contribution < 1.29 is 18.7 Å². The number of halogens is 1. The lowest BCUT2D eigenvalue weighted by atomic mass is 9.83. The zero-order valence-electron chi connectivity index (χ0n) is 25.1. The Labute approximate surface area is 253 Å². The molecule has 43 heavy (non-hydrogen) atoms. The fourth-order valence-corrected chi connectivity index (χ4v) is 6.81. The van der Waals surface area contributed by atoms with Crippen LogP contribution in [0.15, 0.2) is 42.6 Å². The Balaban J connectivity index is 1.12. The molecule has 9 heteroatoms. The smallest absolute Gasteiger partial charge is 0.254 e. The number of carbonyl (C=O) groups excluding carboxylic acids is 2. The maximum atomic E-state index is 14.6. The Morgan fingerprint density at radius 1 is 0.860 bits per heavy atom. The first-order valence-electron chi connectivity index (χ1n) is 16.1. The Hall–Kier alpha value is -3.75. The van der Waals surface area contributed by atoms with Gasteiger partial charge in [0.2, 0.25) is 0 Å². The van der Waals surface area contributed by atoms with E-state index < -0.39 is 5.82 Å². The molecular weight excluding hydrogens is 545 g/mol. The minimum absolute atomic E-state index is 0.0151. The van der Waals surface area contributed by atoms with Crippen molar-refractivity contribution in [3.05, 3.63) is 70.8 Å². The van der Waals surface area contributed by atoms with Crippen molar-refractivity contribution in [2.45, 2.75) is 89.6 Å². The van der Waals surface area contributed by atoms with E-state index in [1.54, 1.807) is 17.2 Å². The molecule has 0 bridgehead atoms. The molecule has 0 spiro atoms. The summed E-state index contributed by atoms with van der Waals surface area (Å²) in [7, 11) is 0. The molecular formula is C34H42FN5O3. The summed E-state index contributed by atoms with van der Waals surface area (Å²) >= 11 is 0. The summed E-state index contributed by atoms with van der Waals surface area (Å²) in [6.07, 6.45) is 14.4. The first kappa shape index (κ1) is 29.3. The van der Waals surface area contributed by atoms with E-state index in [0.717, 1.165) is 50.0 Å². The van der Waals surface area contributed by atoms with Crippen molar-refractivity contribution in [3.63, 3.8) is 0 Å². The molecule has 0 unspecified atom stereocenters. The first-order chi connectivity index (χ1) is 21.0. The molecule has 6 rings (SSSR count). The zero-order valence-corrected chi connectivity index (χ0v) is 25.1. The normalized spacial score (nSPS) is 18.3. The largest absolute Gasteiger partial charge is 0.490 e. The number of aromatic nitrogens is 3. The van der Waals surface area contributed by atoms with E-state index in [2.05, 4.69) is 23.3 Å². The molecule has 1 saturated heterocycles. The molecule has 3 aliphatic rings. The Bertz CT molecular complexity index is 1440. The molecule has 0 radical (unpaired) electrons. The zero-order chi connectivity index (χ0) is 29.8. The summed E-state index contributed by atoms with van der Waals surface area (Å²) in [5.41, 5.74) is 3.41. The van der Waals surface area contributed by atoms with Gasteiger partial charge in [-0.05, 0) is 92.8 Å². The standard InChI is InChI=1S/C34H42FN5O3/c1-2-8-28-23-40(37-36-28)29-20-26(19-27(35)22-29)34(42)39-17-15-38(16-18-39)33(41)25-13-14-32(43-30-11-6-7-12-30)31(21-25)24-9-4-3-5-10-24/h13-14,19-24,30H,2-12,15-18H2,1H3. The number of benzene rings is 2. The number of ether oxygens (including phenoxy) is 1. The highest BCUT2D eigenvalue weighted by molar-refractivity contribution is 5.96. The summed E-state index contributed by atoms with van der Waals surface area (Å²) in [5, 5.41) is 8.24. The monoisotopic (exact) mass is 587 g/mol. The number of rotatable bonds is 8. The van der Waals surface area contributed by atoms with Crippen molar-refractivity contribution in [2.24, 2.45) is 0 Å². The average Bonchev–Trinajstić information content (AvgIpc) is 3.74. The molecule has 2 heterocycles. The van der Waals surface area contributed by atoms with Gasteiger partial charge in [0.25, 0.3) is 11.8 Å². The number of amides is 2. The number of piperazine rings is 1. The van der Waals surface area contributed by atoms with Gasteiger partial charge in [0, 0.05) is 37.3 Å². The van der Waals surface area contributed by atoms with Crippen LogP contribution in [0.25, 0.3) is 5.69 Å². The summed E-state index contributed by atoms with van der Waals surface area (Å²) in [6, 6.07) is 10.2. The molecule has 3 aromatic rings. The summed E-state index contributed by atoms with van der Waals surface area (Å²) in [4.78, 5) is 30.5. The van der Waals surface area contributed by atoms with Crippen LogP contribution < -0.4 is 4.74 Å². The van der Waals surface area contributed by atoms with Crippen LogP contribution in [0.4, 0.5) is 4.39 Å². The van der Waals surface area contributed by atoms with Crippen molar-refractivity contribution in [1.82, 2.24) is 24.8 Å². The van der Waals surface area contributed by atoms with Crippen LogP contribution in [0, 0.1) is 5.82 Å². The predicted molar refractivity (Wildman–Crippen MR) is 162 cm³/mol. The molecule has 8 nitrogen and oxygen atoms in total. The van der Waals surface area contributed by atoms with Gasteiger partial charge < -0.3 is 14.5 Å². The van der Waals surface area contributed by atoms with Crippen LogP contribution in [-0.4, -0.2) is 68.9 Å². The van der Waals surface area contributed by atoms with Crippen molar-refractivity contribution in [3.8, 4) is 11.4 Å². The number of nitrogens with zero attached hydrogens (tertiary/aromatic N) is 5. The van der Waals surface area contributed by atoms with Gasteiger partial charge >= 0.3 is 0 Å². The van der Waals surface area contributed by atoms with Gasteiger partial charge in [-0.15, -0.1) is 5.10 Å². The average molecular weight is 588 g/mol.